The summed E-state index contributed by atoms with van der Waals surface area (Å²) in [5.41, 5.74) is 0.263. The fourth-order valence-electron chi connectivity index (χ4n) is 5.68. The highest BCUT2D eigenvalue weighted by atomic mass is 16.5. The lowest BCUT2D eigenvalue weighted by atomic mass is 9.78. The first-order valence-corrected chi connectivity index (χ1v) is 13.5. The quantitative estimate of drug-likeness (QED) is 0.541. The summed E-state index contributed by atoms with van der Waals surface area (Å²) in [6.07, 6.45) is 6.76. The molecule has 1 aromatic heterocycles. The van der Waals surface area contributed by atoms with E-state index in [1.54, 1.807) is 12.4 Å². The molecule has 0 aromatic carbocycles. The molecule has 4 heterocycles. The van der Waals surface area contributed by atoms with Crippen LogP contribution in [0.15, 0.2) is 24.5 Å². The van der Waals surface area contributed by atoms with E-state index in [0.717, 1.165) is 71.9 Å². The van der Waals surface area contributed by atoms with Crippen LogP contribution in [0, 0.1) is 16.7 Å². The molecular formula is C27H40N6O3. The third-order valence-corrected chi connectivity index (χ3v) is 8.06. The van der Waals surface area contributed by atoms with Crippen molar-refractivity contribution in [1.82, 2.24) is 24.6 Å². The lowest BCUT2D eigenvalue weighted by molar-refractivity contribution is -0.144. The molecule has 0 unspecified atom stereocenters. The van der Waals surface area contributed by atoms with E-state index in [1.165, 1.54) is 5.56 Å². The molecule has 0 bridgehead atoms. The summed E-state index contributed by atoms with van der Waals surface area (Å²) in [6.45, 7) is 10.3. The summed E-state index contributed by atoms with van der Waals surface area (Å²) in [4.78, 5) is 39.0. The Morgan fingerprint density at radius 2 is 1.75 bits per heavy atom. The third-order valence-electron chi connectivity index (χ3n) is 8.06. The first kappa shape index (κ1) is 26.5. The number of hydrogen-bond acceptors (Lipinski definition) is 7. The summed E-state index contributed by atoms with van der Waals surface area (Å²) in [5.74, 6) is 0.164. The molecule has 3 saturated heterocycles. The Labute approximate surface area is 215 Å². The Hall–Kier alpha value is -2.54. The van der Waals surface area contributed by atoms with Crippen molar-refractivity contribution in [2.24, 2.45) is 5.41 Å². The highest BCUT2D eigenvalue weighted by Gasteiger charge is 2.45. The van der Waals surface area contributed by atoms with Gasteiger partial charge < -0.3 is 14.5 Å². The van der Waals surface area contributed by atoms with Gasteiger partial charge in [0.25, 0.3) is 0 Å². The molecule has 36 heavy (non-hydrogen) atoms. The van der Waals surface area contributed by atoms with Crippen LogP contribution < -0.4 is 0 Å². The van der Waals surface area contributed by atoms with Crippen LogP contribution in [-0.4, -0.2) is 108 Å². The minimum absolute atomic E-state index is 0.0197. The average Bonchev–Trinajstić information content (AvgIpc) is 2.94. The fraction of sp³-hybridized carbons (Fsp3) is 0.704. The monoisotopic (exact) mass is 496 g/mol. The number of likely N-dealkylation sites (tertiary alicyclic amines) is 2. The van der Waals surface area contributed by atoms with Crippen LogP contribution in [-0.2, 0) is 20.9 Å². The van der Waals surface area contributed by atoms with Gasteiger partial charge in [0.15, 0.2) is 0 Å². The zero-order valence-electron chi connectivity index (χ0n) is 21.6. The number of carbonyl (C=O) groups is 2. The van der Waals surface area contributed by atoms with Crippen molar-refractivity contribution in [3.63, 3.8) is 0 Å². The number of ether oxygens (including phenoxy) is 1. The predicted molar refractivity (Wildman–Crippen MR) is 136 cm³/mol. The first-order chi connectivity index (χ1) is 17.5. The summed E-state index contributed by atoms with van der Waals surface area (Å²) >= 11 is 0. The van der Waals surface area contributed by atoms with Gasteiger partial charge in [0.1, 0.15) is 5.41 Å². The van der Waals surface area contributed by atoms with E-state index in [4.69, 9.17) is 4.74 Å². The summed E-state index contributed by atoms with van der Waals surface area (Å²) in [7, 11) is 0. The number of amides is 2. The van der Waals surface area contributed by atoms with E-state index in [-0.39, 0.29) is 17.9 Å². The maximum Gasteiger partial charge on any atom is 0.243 e. The summed E-state index contributed by atoms with van der Waals surface area (Å²) in [6, 6.07) is 6.58. The van der Waals surface area contributed by atoms with E-state index in [9.17, 15) is 14.9 Å². The zero-order valence-corrected chi connectivity index (χ0v) is 21.6. The molecule has 0 radical (unpaired) electrons. The average molecular weight is 497 g/mol. The summed E-state index contributed by atoms with van der Waals surface area (Å²) in [5, 5.41) is 10.1. The van der Waals surface area contributed by atoms with Gasteiger partial charge in [-0.25, -0.2) is 0 Å². The zero-order chi connectivity index (χ0) is 25.4. The van der Waals surface area contributed by atoms with Crippen LogP contribution in [0.2, 0.25) is 0 Å². The van der Waals surface area contributed by atoms with Crippen molar-refractivity contribution in [2.45, 2.75) is 51.6 Å². The normalized spacial score (nSPS) is 21.6. The largest absolute Gasteiger partial charge is 0.379 e. The maximum atomic E-state index is 13.5. The number of aromatic nitrogens is 1. The van der Waals surface area contributed by atoms with Crippen LogP contribution in [0.3, 0.4) is 0 Å². The molecule has 4 rings (SSSR count). The third kappa shape index (κ3) is 6.41. The molecule has 9 heteroatoms. The second-order valence-corrected chi connectivity index (χ2v) is 10.2. The van der Waals surface area contributed by atoms with Crippen LogP contribution in [0.4, 0.5) is 0 Å². The number of piperidine rings is 2. The van der Waals surface area contributed by atoms with Gasteiger partial charge in [0.05, 0.1) is 19.3 Å². The molecule has 0 saturated carbocycles. The molecule has 0 spiro atoms. The molecule has 3 aliphatic rings. The van der Waals surface area contributed by atoms with Gasteiger partial charge in [-0.05, 0) is 43.4 Å². The molecule has 3 fully saturated rings. The molecule has 196 valence electrons. The van der Waals surface area contributed by atoms with E-state index in [2.05, 4.69) is 20.9 Å². The van der Waals surface area contributed by atoms with Crippen molar-refractivity contribution in [3.8, 4) is 6.07 Å². The Morgan fingerprint density at radius 1 is 1.08 bits per heavy atom. The Morgan fingerprint density at radius 3 is 2.36 bits per heavy atom. The van der Waals surface area contributed by atoms with Crippen LogP contribution in [0.1, 0.15) is 44.6 Å². The molecule has 2 amide bonds. The minimum atomic E-state index is -0.934. The number of hydrogen-bond donors (Lipinski definition) is 0. The highest BCUT2D eigenvalue weighted by molar-refractivity contribution is 5.86. The van der Waals surface area contributed by atoms with Crippen molar-refractivity contribution in [2.75, 3.05) is 65.6 Å². The maximum absolute atomic E-state index is 13.5. The number of nitriles is 1. The lowest BCUT2D eigenvalue weighted by Crippen LogP contribution is -2.55. The number of carbonyl (C=O) groups excluding carboxylic acids is 2. The molecule has 0 N–H and O–H groups in total. The topological polar surface area (TPSA) is 93.0 Å². The van der Waals surface area contributed by atoms with Gasteiger partial charge in [-0.1, -0.05) is 6.92 Å². The first-order valence-electron chi connectivity index (χ1n) is 13.5. The van der Waals surface area contributed by atoms with Crippen molar-refractivity contribution < 1.29 is 14.3 Å². The Balaban J connectivity index is 1.29. The van der Waals surface area contributed by atoms with Gasteiger partial charge in [0, 0.05) is 83.8 Å². The lowest BCUT2D eigenvalue weighted by Gasteiger charge is -2.43. The van der Waals surface area contributed by atoms with Crippen LogP contribution in [0.5, 0.6) is 0 Å². The predicted octanol–water partition coefficient (Wildman–Crippen LogP) is 1.75. The van der Waals surface area contributed by atoms with E-state index >= 15 is 0 Å². The minimum Gasteiger partial charge on any atom is -0.379 e. The second kappa shape index (κ2) is 12.6. The molecule has 3 aliphatic heterocycles. The van der Waals surface area contributed by atoms with Gasteiger partial charge in [0.2, 0.25) is 11.8 Å². The van der Waals surface area contributed by atoms with Crippen molar-refractivity contribution in [1.29, 1.82) is 5.26 Å². The summed E-state index contributed by atoms with van der Waals surface area (Å²) < 4.78 is 5.44. The second-order valence-electron chi connectivity index (χ2n) is 10.2. The fourth-order valence-corrected chi connectivity index (χ4v) is 5.68. The number of nitrogens with zero attached hydrogens (tertiary/aromatic N) is 6. The SMILES string of the molecule is CCC(=O)N(CCN1CCOCC1)C1CCN(C(=O)C2(C#N)CCN(Cc3ccncc3)CC2)CC1. The molecule has 9 nitrogen and oxygen atoms in total. The van der Waals surface area contributed by atoms with Gasteiger partial charge in [-0.2, -0.15) is 5.26 Å². The number of pyridine rings is 1. The van der Waals surface area contributed by atoms with Crippen LogP contribution in [0.25, 0.3) is 0 Å². The smallest absolute Gasteiger partial charge is 0.243 e. The van der Waals surface area contributed by atoms with Gasteiger partial charge in [-0.3, -0.25) is 24.4 Å². The van der Waals surface area contributed by atoms with Crippen molar-refractivity contribution in [3.05, 3.63) is 30.1 Å². The number of morpholine rings is 1. The van der Waals surface area contributed by atoms with Gasteiger partial charge in [-0.15, -0.1) is 0 Å². The van der Waals surface area contributed by atoms with Crippen molar-refractivity contribution >= 4 is 11.8 Å². The molecule has 0 aliphatic carbocycles. The van der Waals surface area contributed by atoms with Crippen LogP contribution >= 0.6 is 0 Å². The Kier molecular flexibility index (Phi) is 9.30. The number of rotatable bonds is 8. The standard InChI is InChI=1S/C27H40N6O3/c1-2-25(34)33(16-15-30-17-19-36-20-18-30)24-5-11-32(12-6-24)26(35)27(22-28)7-13-31(14-8-27)21-23-3-9-29-10-4-23/h3-4,9-10,24H,2,5-8,11-21H2,1H3. The molecular weight excluding hydrogens is 456 g/mol. The molecule has 0 atom stereocenters. The van der Waals surface area contributed by atoms with E-state index < -0.39 is 5.41 Å². The van der Waals surface area contributed by atoms with Gasteiger partial charge >= 0.3 is 0 Å². The van der Waals surface area contributed by atoms with E-state index in [1.807, 2.05) is 28.9 Å². The van der Waals surface area contributed by atoms with E-state index in [0.29, 0.717) is 32.4 Å². The highest BCUT2D eigenvalue weighted by Crippen LogP contribution is 2.35. The Bertz CT molecular complexity index is 898. The molecule has 1 aromatic rings.